The Kier molecular flexibility index (Phi) is 4.17. The van der Waals surface area contributed by atoms with Crippen LogP contribution in [0.25, 0.3) is 0 Å². The van der Waals surface area contributed by atoms with Gasteiger partial charge in [-0.3, -0.25) is 14.9 Å². The second kappa shape index (κ2) is 6.69. The van der Waals surface area contributed by atoms with E-state index >= 15 is 0 Å². The summed E-state index contributed by atoms with van der Waals surface area (Å²) in [6, 6.07) is 8.45. The van der Waals surface area contributed by atoms with E-state index in [1.54, 1.807) is 11.3 Å². The van der Waals surface area contributed by atoms with E-state index in [2.05, 4.69) is 44.9 Å². The molecule has 3 aromatic heterocycles. The van der Waals surface area contributed by atoms with Crippen LogP contribution in [0, 0.1) is 6.92 Å². The smallest absolute Gasteiger partial charge is 0.0798 e. The van der Waals surface area contributed by atoms with Gasteiger partial charge < -0.3 is 4.90 Å². The molecule has 0 unspecified atom stereocenters. The number of hydrogen-bond donors (Lipinski definition) is 0. The topological polar surface area (TPSA) is 45.2 Å². The molecule has 5 rings (SSSR count). The van der Waals surface area contributed by atoms with Gasteiger partial charge in [0.15, 0.2) is 0 Å². The van der Waals surface area contributed by atoms with Crippen LogP contribution in [0.3, 0.4) is 0 Å². The summed E-state index contributed by atoms with van der Waals surface area (Å²) in [5, 5.41) is 0. The van der Waals surface area contributed by atoms with E-state index in [-0.39, 0.29) is 5.41 Å². The maximum absolute atomic E-state index is 4.84. The maximum Gasteiger partial charge on any atom is 0.0798 e. The third-order valence-electron chi connectivity index (χ3n) is 5.86. The summed E-state index contributed by atoms with van der Waals surface area (Å²) in [5.74, 6) is 0. The Balaban J connectivity index is 1.39. The van der Waals surface area contributed by atoms with Gasteiger partial charge in [-0.2, -0.15) is 0 Å². The molecular weight excluding hydrogens is 354 g/mol. The molecule has 1 spiro atoms. The molecule has 2 aliphatic rings. The summed E-state index contributed by atoms with van der Waals surface area (Å²) in [4.78, 5) is 20.0. The molecule has 138 valence electrons. The molecular formula is C21H23N5S. The zero-order valence-corrected chi connectivity index (χ0v) is 16.3. The van der Waals surface area contributed by atoms with Gasteiger partial charge in [-0.15, -0.1) is 11.3 Å². The van der Waals surface area contributed by atoms with Crippen molar-refractivity contribution in [3.8, 4) is 0 Å². The van der Waals surface area contributed by atoms with E-state index in [0.29, 0.717) is 0 Å². The number of likely N-dealkylation sites (tertiary alicyclic amines) is 1. The highest BCUT2D eigenvalue weighted by Gasteiger charge is 2.48. The minimum absolute atomic E-state index is 0.136. The summed E-state index contributed by atoms with van der Waals surface area (Å²) >= 11 is 1.77. The van der Waals surface area contributed by atoms with Crippen molar-refractivity contribution in [3.05, 3.63) is 70.2 Å². The normalized spacial score (nSPS) is 21.9. The van der Waals surface area contributed by atoms with Crippen LogP contribution in [0.4, 0.5) is 5.69 Å². The quantitative estimate of drug-likeness (QED) is 0.697. The van der Waals surface area contributed by atoms with Crippen LogP contribution in [-0.4, -0.2) is 39.5 Å². The first-order valence-electron chi connectivity index (χ1n) is 9.44. The van der Waals surface area contributed by atoms with Crippen LogP contribution in [-0.2, 0) is 18.5 Å². The Hall–Kier alpha value is -2.31. The van der Waals surface area contributed by atoms with Crippen LogP contribution in [0.5, 0.6) is 0 Å². The molecule has 27 heavy (non-hydrogen) atoms. The third kappa shape index (κ3) is 3.03. The fourth-order valence-corrected chi connectivity index (χ4v) is 5.35. The zero-order valence-electron chi connectivity index (χ0n) is 15.5. The SMILES string of the molecule is Cc1ncsc1CN1CC[C@]2(C1)CN(Cc1cccnc1)c1cccnc12. The Morgan fingerprint density at radius 2 is 2.04 bits per heavy atom. The number of anilines is 1. The van der Waals surface area contributed by atoms with Gasteiger partial charge >= 0.3 is 0 Å². The Bertz CT molecular complexity index is 941. The number of thiazole rings is 1. The molecule has 6 heteroatoms. The Labute approximate surface area is 163 Å². The second-order valence-electron chi connectivity index (χ2n) is 7.69. The Morgan fingerprint density at radius 1 is 1.11 bits per heavy atom. The van der Waals surface area contributed by atoms with E-state index in [9.17, 15) is 0 Å². The molecule has 5 nitrogen and oxygen atoms in total. The predicted molar refractivity (Wildman–Crippen MR) is 108 cm³/mol. The number of pyridine rings is 2. The van der Waals surface area contributed by atoms with Crippen molar-refractivity contribution in [1.82, 2.24) is 19.9 Å². The number of hydrogen-bond acceptors (Lipinski definition) is 6. The molecule has 0 amide bonds. The first-order chi connectivity index (χ1) is 13.2. The number of fused-ring (bicyclic) bond motifs is 2. The average Bonchev–Trinajstić information content (AvgIpc) is 3.37. The van der Waals surface area contributed by atoms with E-state index in [4.69, 9.17) is 4.98 Å². The largest absolute Gasteiger partial charge is 0.365 e. The first kappa shape index (κ1) is 16.8. The third-order valence-corrected chi connectivity index (χ3v) is 6.78. The maximum atomic E-state index is 4.84. The minimum atomic E-state index is 0.136. The predicted octanol–water partition coefficient (Wildman–Crippen LogP) is 3.41. The van der Waals surface area contributed by atoms with Crippen LogP contribution in [0.1, 0.15) is 28.2 Å². The van der Waals surface area contributed by atoms with Crippen molar-refractivity contribution < 1.29 is 0 Å². The fraction of sp³-hybridized carbons (Fsp3) is 0.381. The highest BCUT2D eigenvalue weighted by Crippen LogP contribution is 2.45. The highest BCUT2D eigenvalue weighted by molar-refractivity contribution is 7.09. The molecule has 0 saturated carbocycles. The van der Waals surface area contributed by atoms with Gasteiger partial charge in [0.1, 0.15) is 0 Å². The minimum Gasteiger partial charge on any atom is -0.365 e. The first-order valence-corrected chi connectivity index (χ1v) is 10.3. The average molecular weight is 378 g/mol. The van der Waals surface area contributed by atoms with Crippen LogP contribution < -0.4 is 4.90 Å². The molecule has 1 atom stereocenters. The summed E-state index contributed by atoms with van der Waals surface area (Å²) in [6.07, 6.45) is 6.91. The lowest BCUT2D eigenvalue weighted by Gasteiger charge is -2.26. The van der Waals surface area contributed by atoms with Crippen molar-refractivity contribution in [2.24, 2.45) is 0 Å². The van der Waals surface area contributed by atoms with E-state index in [1.165, 1.54) is 33.9 Å². The van der Waals surface area contributed by atoms with Gasteiger partial charge in [-0.05, 0) is 43.7 Å². The molecule has 0 aliphatic carbocycles. The molecule has 0 bridgehead atoms. The number of aromatic nitrogens is 3. The summed E-state index contributed by atoms with van der Waals surface area (Å²) in [7, 11) is 0. The number of nitrogens with zero attached hydrogens (tertiary/aromatic N) is 5. The lowest BCUT2D eigenvalue weighted by atomic mass is 9.85. The summed E-state index contributed by atoms with van der Waals surface area (Å²) < 4.78 is 0. The molecule has 3 aromatic rings. The van der Waals surface area contributed by atoms with Crippen molar-refractivity contribution in [2.75, 3.05) is 24.5 Å². The molecule has 0 N–H and O–H groups in total. The van der Waals surface area contributed by atoms with Crippen molar-refractivity contribution >= 4 is 17.0 Å². The summed E-state index contributed by atoms with van der Waals surface area (Å²) in [5.41, 5.74) is 7.08. The van der Waals surface area contributed by atoms with Gasteiger partial charge in [0, 0.05) is 55.1 Å². The van der Waals surface area contributed by atoms with Gasteiger partial charge in [-0.25, -0.2) is 4.98 Å². The molecule has 0 aromatic carbocycles. The molecule has 0 radical (unpaired) electrons. The number of rotatable bonds is 4. The lowest BCUT2D eigenvalue weighted by molar-refractivity contribution is 0.307. The van der Waals surface area contributed by atoms with Crippen LogP contribution >= 0.6 is 11.3 Å². The van der Waals surface area contributed by atoms with Crippen molar-refractivity contribution in [1.29, 1.82) is 0 Å². The van der Waals surface area contributed by atoms with Crippen molar-refractivity contribution in [3.63, 3.8) is 0 Å². The Morgan fingerprint density at radius 3 is 2.85 bits per heavy atom. The van der Waals surface area contributed by atoms with Crippen LogP contribution in [0.15, 0.2) is 48.4 Å². The van der Waals surface area contributed by atoms with Gasteiger partial charge in [0.25, 0.3) is 0 Å². The zero-order chi connectivity index (χ0) is 18.3. The molecule has 1 fully saturated rings. The van der Waals surface area contributed by atoms with E-state index in [1.807, 2.05) is 30.2 Å². The van der Waals surface area contributed by atoms with Gasteiger partial charge in [0.05, 0.1) is 22.6 Å². The molecule has 2 aliphatic heterocycles. The monoisotopic (exact) mass is 377 g/mol. The highest BCUT2D eigenvalue weighted by atomic mass is 32.1. The standard InChI is InChI=1S/C21H23N5S/c1-16-19(27-15-24-16)12-25-9-6-21(13-25)14-26(11-17-4-2-7-22-10-17)18-5-3-8-23-20(18)21/h2-5,7-8,10,15H,6,9,11-14H2,1H3/t21-/m0/s1. The fourth-order valence-electron chi connectivity index (χ4n) is 4.54. The van der Waals surface area contributed by atoms with Crippen LogP contribution in [0.2, 0.25) is 0 Å². The van der Waals surface area contributed by atoms with E-state index in [0.717, 1.165) is 32.7 Å². The van der Waals surface area contributed by atoms with Gasteiger partial charge in [-0.1, -0.05) is 6.07 Å². The molecule has 1 saturated heterocycles. The summed E-state index contributed by atoms with van der Waals surface area (Å²) in [6.45, 7) is 7.23. The second-order valence-corrected chi connectivity index (χ2v) is 8.63. The molecule has 5 heterocycles. The number of aryl methyl sites for hydroxylation is 1. The van der Waals surface area contributed by atoms with Gasteiger partial charge in [0.2, 0.25) is 0 Å². The van der Waals surface area contributed by atoms with E-state index < -0.39 is 0 Å². The van der Waals surface area contributed by atoms with Crippen molar-refractivity contribution in [2.45, 2.75) is 31.8 Å². The lowest BCUT2D eigenvalue weighted by Crippen LogP contribution is -2.36.